The summed E-state index contributed by atoms with van der Waals surface area (Å²) in [7, 11) is 4.87. The Morgan fingerprint density at radius 1 is 1.06 bits per heavy atom. The molecule has 1 N–H and O–H groups in total. The number of rotatable bonds is 6. The van der Waals surface area contributed by atoms with Crippen LogP contribution in [0.2, 0.25) is 5.02 Å². The molecule has 2 atom stereocenters. The number of anilines is 1. The molecule has 0 aromatic heterocycles. The Labute approximate surface area is 113 Å². The van der Waals surface area contributed by atoms with Gasteiger partial charge in [-0.3, -0.25) is 0 Å². The van der Waals surface area contributed by atoms with E-state index in [1.807, 2.05) is 19.9 Å². The zero-order valence-electron chi connectivity index (χ0n) is 11.4. The van der Waals surface area contributed by atoms with Gasteiger partial charge in [-0.25, -0.2) is 0 Å². The van der Waals surface area contributed by atoms with Crippen LogP contribution in [0.5, 0.6) is 11.5 Å². The monoisotopic (exact) mass is 273 g/mol. The van der Waals surface area contributed by atoms with Gasteiger partial charge in [0.2, 0.25) is 0 Å². The number of benzene rings is 1. The second kappa shape index (κ2) is 6.71. The standard InChI is InChI=1S/C13H20ClNO3/c1-8(9(2)16-3)15-11-7-12(17-4)10(14)6-13(11)18-5/h6-9,15H,1-5H3. The first kappa shape index (κ1) is 14.9. The van der Waals surface area contributed by atoms with Crippen molar-refractivity contribution in [2.45, 2.75) is 26.0 Å². The molecule has 0 heterocycles. The normalized spacial score (nSPS) is 13.9. The summed E-state index contributed by atoms with van der Waals surface area (Å²) in [6, 6.07) is 3.68. The summed E-state index contributed by atoms with van der Waals surface area (Å²) in [4.78, 5) is 0. The molecule has 1 aromatic rings. The minimum atomic E-state index is 0.0800. The maximum Gasteiger partial charge on any atom is 0.143 e. The van der Waals surface area contributed by atoms with E-state index in [1.165, 1.54) is 0 Å². The number of hydrogen-bond donors (Lipinski definition) is 1. The van der Waals surface area contributed by atoms with Crippen LogP contribution in [0.1, 0.15) is 13.8 Å². The second-order valence-electron chi connectivity index (χ2n) is 4.06. The fraction of sp³-hybridized carbons (Fsp3) is 0.538. The van der Waals surface area contributed by atoms with Gasteiger partial charge in [-0.2, -0.15) is 0 Å². The predicted molar refractivity (Wildman–Crippen MR) is 74.1 cm³/mol. The van der Waals surface area contributed by atoms with Gasteiger partial charge in [0.15, 0.2) is 0 Å². The minimum Gasteiger partial charge on any atom is -0.495 e. The van der Waals surface area contributed by atoms with Gasteiger partial charge >= 0.3 is 0 Å². The Hall–Kier alpha value is -1.13. The fourth-order valence-corrected chi connectivity index (χ4v) is 1.77. The quantitative estimate of drug-likeness (QED) is 0.864. The highest BCUT2D eigenvalue weighted by Crippen LogP contribution is 2.36. The minimum absolute atomic E-state index is 0.0800. The van der Waals surface area contributed by atoms with E-state index in [4.69, 9.17) is 25.8 Å². The summed E-state index contributed by atoms with van der Waals surface area (Å²) < 4.78 is 15.8. The third kappa shape index (κ3) is 3.43. The van der Waals surface area contributed by atoms with Gasteiger partial charge in [-0.1, -0.05) is 11.6 Å². The number of nitrogens with one attached hydrogen (secondary N) is 1. The van der Waals surface area contributed by atoms with Crippen molar-refractivity contribution in [3.8, 4) is 11.5 Å². The van der Waals surface area contributed by atoms with Crippen LogP contribution < -0.4 is 14.8 Å². The average molecular weight is 274 g/mol. The summed E-state index contributed by atoms with van der Waals surface area (Å²) in [5.41, 5.74) is 0.829. The van der Waals surface area contributed by atoms with Crippen LogP contribution in [0, 0.1) is 0 Å². The molecule has 0 saturated carbocycles. The molecule has 4 nitrogen and oxygen atoms in total. The van der Waals surface area contributed by atoms with Crippen LogP contribution in [-0.4, -0.2) is 33.5 Å². The lowest BCUT2D eigenvalue weighted by Crippen LogP contribution is -2.29. The maximum absolute atomic E-state index is 6.05. The Kier molecular flexibility index (Phi) is 5.56. The van der Waals surface area contributed by atoms with Gasteiger partial charge in [-0.05, 0) is 13.8 Å². The molecule has 0 aliphatic heterocycles. The molecule has 102 valence electrons. The van der Waals surface area contributed by atoms with Crippen LogP contribution in [0.4, 0.5) is 5.69 Å². The molecule has 0 fully saturated rings. The SMILES string of the molecule is COc1cc(NC(C)C(C)OC)c(OC)cc1Cl. The highest BCUT2D eigenvalue weighted by Gasteiger charge is 2.15. The van der Waals surface area contributed by atoms with Gasteiger partial charge in [0.1, 0.15) is 11.5 Å². The molecule has 2 unspecified atom stereocenters. The Balaban J connectivity index is 2.99. The van der Waals surface area contributed by atoms with Gasteiger partial charge in [0.05, 0.1) is 31.0 Å². The average Bonchev–Trinajstić information content (AvgIpc) is 2.38. The van der Waals surface area contributed by atoms with E-state index in [9.17, 15) is 0 Å². The molecule has 0 radical (unpaired) electrons. The van der Waals surface area contributed by atoms with Crippen molar-refractivity contribution in [1.82, 2.24) is 0 Å². The van der Waals surface area contributed by atoms with Crippen molar-refractivity contribution in [2.75, 3.05) is 26.6 Å². The first-order valence-electron chi connectivity index (χ1n) is 5.74. The zero-order chi connectivity index (χ0) is 13.7. The van der Waals surface area contributed by atoms with Crippen molar-refractivity contribution in [3.05, 3.63) is 17.2 Å². The summed E-state index contributed by atoms with van der Waals surface area (Å²) in [5, 5.41) is 3.85. The Morgan fingerprint density at radius 2 is 1.67 bits per heavy atom. The zero-order valence-corrected chi connectivity index (χ0v) is 12.2. The van der Waals surface area contributed by atoms with E-state index in [1.54, 1.807) is 27.4 Å². The maximum atomic E-state index is 6.05. The van der Waals surface area contributed by atoms with E-state index >= 15 is 0 Å². The van der Waals surface area contributed by atoms with Crippen LogP contribution in [-0.2, 0) is 4.74 Å². The summed E-state index contributed by atoms with van der Waals surface area (Å²) in [5.74, 6) is 1.29. The lowest BCUT2D eigenvalue weighted by molar-refractivity contribution is 0.106. The van der Waals surface area contributed by atoms with E-state index in [0.29, 0.717) is 16.5 Å². The smallest absolute Gasteiger partial charge is 0.143 e. The molecule has 0 bridgehead atoms. The van der Waals surface area contributed by atoms with Crippen molar-refractivity contribution >= 4 is 17.3 Å². The van der Waals surface area contributed by atoms with Gasteiger partial charge < -0.3 is 19.5 Å². The molecule has 0 aliphatic carbocycles. The van der Waals surface area contributed by atoms with Crippen molar-refractivity contribution in [3.63, 3.8) is 0 Å². The Morgan fingerprint density at radius 3 is 2.17 bits per heavy atom. The molecule has 0 spiro atoms. The van der Waals surface area contributed by atoms with Crippen LogP contribution in [0.25, 0.3) is 0 Å². The summed E-state index contributed by atoms with van der Waals surface area (Å²) in [6.45, 7) is 4.03. The molecule has 1 rings (SSSR count). The predicted octanol–water partition coefficient (Wildman–Crippen LogP) is 3.19. The second-order valence-corrected chi connectivity index (χ2v) is 4.47. The van der Waals surface area contributed by atoms with Gasteiger partial charge in [-0.15, -0.1) is 0 Å². The molecular formula is C13H20ClNO3. The van der Waals surface area contributed by atoms with E-state index in [0.717, 1.165) is 5.69 Å². The number of methoxy groups -OCH3 is 3. The van der Waals surface area contributed by atoms with Crippen LogP contribution in [0.15, 0.2) is 12.1 Å². The first-order valence-corrected chi connectivity index (χ1v) is 6.12. The largest absolute Gasteiger partial charge is 0.495 e. The molecule has 0 saturated heterocycles. The number of hydrogen-bond acceptors (Lipinski definition) is 4. The van der Waals surface area contributed by atoms with Crippen molar-refractivity contribution in [2.24, 2.45) is 0 Å². The highest BCUT2D eigenvalue weighted by atomic mass is 35.5. The molecule has 1 aromatic carbocycles. The molecule has 0 amide bonds. The molecular weight excluding hydrogens is 254 g/mol. The topological polar surface area (TPSA) is 39.7 Å². The summed E-state index contributed by atoms with van der Waals surface area (Å²) in [6.07, 6.45) is 0.0800. The summed E-state index contributed by atoms with van der Waals surface area (Å²) >= 11 is 6.05. The molecule has 5 heteroatoms. The number of ether oxygens (including phenoxy) is 3. The lowest BCUT2D eigenvalue weighted by Gasteiger charge is -2.23. The molecule has 18 heavy (non-hydrogen) atoms. The number of halogens is 1. The van der Waals surface area contributed by atoms with Gasteiger partial charge in [0.25, 0.3) is 0 Å². The van der Waals surface area contributed by atoms with Crippen molar-refractivity contribution in [1.29, 1.82) is 0 Å². The van der Waals surface area contributed by atoms with E-state index < -0.39 is 0 Å². The lowest BCUT2D eigenvalue weighted by atomic mass is 10.2. The third-order valence-corrected chi connectivity index (χ3v) is 3.23. The van der Waals surface area contributed by atoms with Crippen LogP contribution in [0.3, 0.4) is 0 Å². The first-order chi connectivity index (χ1) is 8.53. The Bertz CT molecular complexity index is 398. The fourth-order valence-electron chi connectivity index (χ4n) is 1.54. The highest BCUT2D eigenvalue weighted by molar-refractivity contribution is 6.32. The van der Waals surface area contributed by atoms with Crippen LogP contribution >= 0.6 is 11.6 Å². The van der Waals surface area contributed by atoms with Gasteiger partial charge in [0, 0.05) is 25.3 Å². The molecule has 0 aliphatic rings. The third-order valence-electron chi connectivity index (χ3n) is 2.93. The van der Waals surface area contributed by atoms with Crippen molar-refractivity contribution < 1.29 is 14.2 Å². The van der Waals surface area contributed by atoms with E-state index in [-0.39, 0.29) is 12.1 Å². The van der Waals surface area contributed by atoms with E-state index in [2.05, 4.69) is 5.32 Å².